The number of carboxylic acid groups (broad SMARTS) is 1. The SMILES string of the molecule is CCCCCCCCCCCCCCSC(=O)O. The van der Waals surface area contributed by atoms with E-state index in [1.54, 1.807) is 0 Å². The first-order chi connectivity index (χ1) is 8.77. The maximum Gasteiger partial charge on any atom is 0.364 e. The van der Waals surface area contributed by atoms with Gasteiger partial charge in [0, 0.05) is 5.75 Å². The highest BCUT2D eigenvalue weighted by atomic mass is 32.2. The summed E-state index contributed by atoms with van der Waals surface area (Å²) in [5.74, 6) is 0.771. The van der Waals surface area contributed by atoms with Crippen LogP contribution in [0.1, 0.15) is 84.0 Å². The second-order valence-electron chi connectivity index (χ2n) is 5.00. The van der Waals surface area contributed by atoms with Gasteiger partial charge in [-0.3, -0.25) is 0 Å². The van der Waals surface area contributed by atoms with E-state index in [1.807, 2.05) is 0 Å². The zero-order valence-corrected chi connectivity index (χ0v) is 12.8. The number of rotatable bonds is 13. The molecule has 0 aromatic rings. The van der Waals surface area contributed by atoms with Crippen molar-refractivity contribution in [1.29, 1.82) is 0 Å². The molecule has 0 saturated heterocycles. The lowest BCUT2D eigenvalue weighted by Gasteiger charge is -2.02. The number of unbranched alkanes of at least 4 members (excludes halogenated alkanes) is 11. The van der Waals surface area contributed by atoms with Crippen LogP contribution in [-0.2, 0) is 0 Å². The smallest absolute Gasteiger partial charge is 0.364 e. The van der Waals surface area contributed by atoms with Gasteiger partial charge in [-0.1, -0.05) is 77.6 Å². The van der Waals surface area contributed by atoms with E-state index < -0.39 is 5.30 Å². The van der Waals surface area contributed by atoms with Crippen LogP contribution in [0.3, 0.4) is 0 Å². The summed E-state index contributed by atoms with van der Waals surface area (Å²) >= 11 is 1.03. The molecule has 18 heavy (non-hydrogen) atoms. The summed E-state index contributed by atoms with van der Waals surface area (Å²) in [4.78, 5) is 10.3. The van der Waals surface area contributed by atoms with Gasteiger partial charge >= 0.3 is 5.30 Å². The van der Waals surface area contributed by atoms with E-state index in [4.69, 9.17) is 5.11 Å². The molecule has 108 valence electrons. The second kappa shape index (κ2) is 14.9. The molecule has 0 aromatic carbocycles. The normalized spacial score (nSPS) is 10.7. The van der Waals surface area contributed by atoms with E-state index >= 15 is 0 Å². The lowest BCUT2D eigenvalue weighted by atomic mass is 10.1. The molecule has 3 heteroatoms. The van der Waals surface area contributed by atoms with Crippen molar-refractivity contribution in [2.24, 2.45) is 0 Å². The first kappa shape index (κ1) is 17.8. The third kappa shape index (κ3) is 15.8. The molecule has 0 heterocycles. The molecular weight excluding hydrogens is 244 g/mol. The fourth-order valence-electron chi connectivity index (χ4n) is 2.10. The molecule has 0 rings (SSSR count). The average Bonchev–Trinajstić information content (AvgIpc) is 2.34. The van der Waals surface area contributed by atoms with Crippen LogP contribution < -0.4 is 0 Å². The van der Waals surface area contributed by atoms with Crippen molar-refractivity contribution in [1.82, 2.24) is 0 Å². The van der Waals surface area contributed by atoms with Crippen LogP contribution in [-0.4, -0.2) is 16.2 Å². The Bertz CT molecular complexity index is 183. The van der Waals surface area contributed by atoms with Gasteiger partial charge in [-0.05, 0) is 18.2 Å². The van der Waals surface area contributed by atoms with E-state index in [0.29, 0.717) is 0 Å². The molecule has 0 aromatic heterocycles. The highest BCUT2D eigenvalue weighted by molar-refractivity contribution is 8.13. The van der Waals surface area contributed by atoms with Gasteiger partial charge in [0.1, 0.15) is 0 Å². The topological polar surface area (TPSA) is 37.3 Å². The molecule has 0 aliphatic carbocycles. The minimum atomic E-state index is -0.738. The molecule has 0 fully saturated rings. The quantitative estimate of drug-likeness (QED) is 0.412. The fraction of sp³-hybridized carbons (Fsp3) is 0.933. The average molecular weight is 274 g/mol. The van der Waals surface area contributed by atoms with Gasteiger partial charge in [0.05, 0.1) is 0 Å². The summed E-state index contributed by atoms with van der Waals surface area (Å²) in [6.45, 7) is 2.26. The van der Waals surface area contributed by atoms with E-state index in [1.165, 1.54) is 70.6 Å². The van der Waals surface area contributed by atoms with Crippen molar-refractivity contribution in [3.8, 4) is 0 Å². The number of carbonyl (C=O) groups is 1. The van der Waals surface area contributed by atoms with E-state index in [9.17, 15) is 4.79 Å². The van der Waals surface area contributed by atoms with Crippen molar-refractivity contribution >= 4 is 17.1 Å². The largest absolute Gasteiger partial charge is 0.473 e. The maximum atomic E-state index is 10.3. The van der Waals surface area contributed by atoms with E-state index in [0.717, 1.165) is 23.9 Å². The Morgan fingerprint density at radius 2 is 1.17 bits per heavy atom. The molecule has 0 saturated carbocycles. The Balaban J connectivity index is 2.92. The van der Waals surface area contributed by atoms with Crippen LogP contribution in [0.2, 0.25) is 0 Å². The predicted molar refractivity (Wildman–Crippen MR) is 81.6 cm³/mol. The van der Waals surface area contributed by atoms with Gasteiger partial charge in [-0.2, -0.15) is 0 Å². The van der Waals surface area contributed by atoms with Crippen molar-refractivity contribution in [3.05, 3.63) is 0 Å². The summed E-state index contributed by atoms with van der Waals surface area (Å²) < 4.78 is 0. The highest BCUT2D eigenvalue weighted by Crippen LogP contribution is 2.13. The fourth-order valence-corrected chi connectivity index (χ4v) is 2.63. The summed E-state index contributed by atoms with van der Waals surface area (Å²) in [7, 11) is 0. The Labute approximate surface area is 117 Å². The Hall–Kier alpha value is -0.180. The molecule has 0 unspecified atom stereocenters. The zero-order chi connectivity index (χ0) is 13.5. The third-order valence-corrected chi connectivity index (χ3v) is 3.96. The predicted octanol–water partition coefficient (Wildman–Crippen LogP) is 6.10. The van der Waals surface area contributed by atoms with Crippen LogP contribution in [0, 0.1) is 0 Å². The third-order valence-electron chi connectivity index (χ3n) is 3.22. The Morgan fingerprint density at radius 3 is 1.56 bits per heavy atom. The van der Waals surface area contributed by atoms with Gasteiger partial charge in [-0.15, -0.1) is 0 Å². The molecule has 0 aliphatic heterocycles. The van der Waals surface area contributed by atoms with Crippen molar-refractivity contribution < 1.29 is 9.90 Å². The summed E-state index contributed by atoms with van der Waals surface area (Å²) in [5, 5.41) is 7.72. The Morgan fingerprint density at radius 1 is 0.778 bits per heavy atom. The van der Waals surface area contributed by atoms with Crippen molar-refractivity contribution in [2.75, 3.05) is 5.75 Å². The van der Waals surface area contributed by atoms with Gasteiger partial charge in [0.15, 0.2) is 0 Å². The van der Waals surface area contributed by atoms with E-state index in [2.05, 4.69) is 6.92 Å². The molecule has 2 nitrogen and oxygen atoms in total. The summed E-state index contributed by atoms with van der Waals surface area (Å²) in [6, 6.07) is 0. The van der Waals surface area contributed by atoms with Crippen molar-refractivity contribution in [2.45, 2.75) is 84.0 Å². The molecule has 0 spiro atoms. The van der Waals surface area contributed by atoms with Crippen molar-refractivity contribution in [3.63, 3.8) is 0 Å². The molecule has 0 radical (unpaired) electrons. The number of thioether (sulfide) groups is 1. The minimum absolute atomic E-state index is 0.738. The molecule has 0 amide bonds. The molecule has 0 bridgehead atoms. The highest BCUT2D eigenvalue weighted by Gasteiger charge is 1.97. The van der Waals surface area contributed by atoms with E-state index in [-0.39, 0.29) is 0 Å². The minimum Gasteiger partial charge on any atom is -0.473 e. The first-order valence-corrected chi connectivity index (χ1v) is 8.61. The first-order valence-electron chi connectivity index (χ1n) is 7.63. The maximum absolute atomic E-state index is 10.3. The molecular formula is C15H30O2S. The molecule has 0 aliphatic rings. The molecule has 1 N–H and O–H groups in total. The van der Waals surface area contributed by atoms with Gasteiger partial charge in [-0.25, -0.2) is 4.79 Å². The van der Waals surface area contributed by atoms with Crippen LogP contribution >= 0.6 is 11.8 Å². The lowest BCUT2D eigenvalue weighted by Crippen LogP contribution is -1.88. The Kier molecular flexibility index (Phi) is 14.7. The van der Waals surface area contributed by atoms with Gasteiger partial charge in [0.25, 0.3) is 0 Å². The van der Waals surface area contributed by atoms with Gasteiger partial charge in [0.2, 0.25) is 0 Å². The number of hydrogen-bond donors (Lipinski definition) is 1. The monoisotopic (exact) mass is 274 g/mol. The van der Waals surface area contributed by atoms with Gasteiger partial charge < -0.3 is 5.11 Å². The second-order valence-corrected chi connectivity index (χ2v) is 6.05. The van der Waals surface area contributed by atoms with Crippen LogP contribution in [0.15, 0.2) is 0 Å². The van der Waals surface area contributed by atoms with Crippen LogP contribution in [0.5, 0.6) is 0 Å². The standard InChI is InChI=1S/C15H30O2S/c1-2-3-4-5-6-7-8-9-10-11-12-13-14-18-15(16)17/h2-14H2,1H3,(H,16,17). The lowest BCUT2D eigenvalue weighted by molar-refractivity contribution is 0.222. The number of hydrogen-bond acceptors (Lipinski definition) is 2. The van der Waals surface area contributed by atoms with Crippen LogP contribution in [0.4, 0.5) is 4.79 Å². The molecule has 0 atom stereocenters. The van der Waals surface area contributed by atoms with Crippen LogP contribution in [0.25, 0.3) is 0 Å². The summed E-state index contributed by atoms with van der Waals surface area (Å²) in [6.07, 6.45) is 16.0. The summed E-state index contributed by atoms with van der Waals surface area (Å²) in [5.41, 5.74) is 0. The zero-order valence-electron chi connectivity index (χ0n) is 12.0.